The molecule has 1 aromatic rings. The molecule has 0 fully saturated rings. The Morgan fingerprint density at radius 3 is 2.75 bits per heavy atom. The summed E-state index contributed by atoms with van der Waals surface area (Å²) < 4.78 is 15.9. The lowest BCUT2D eigenvalue weighted by atomic mass is 10.2. The van der Waals surface area contributed by atoms with Crippen LogP contribution in [0.25, 0.3) is 0 Å². The maximum atomic E-state index is 5.52. The molecule has 0 saturated heterocycles. The van der Waals surface area contributed by atoms with Gasteiger partial charge in [-0.1, -0.05) is 12.1 Å². The lowest BCUT2D eigenvalue weighted by molar-refractivity contribution is 0.0698. The highest BCUT2D eigenvalue weighted by Gasteiger charge is 1.99. The Hall–Kier alpha value is -1.79. The first-order valence-corrected chi connectivity index (χ1v) is 8.60. The van der Waals surface area contributed by atoms with Gasteiger partial charge in [0.2, 0.25) is 0 Å². The van der Waals surface area contributed by atoms with Crippen molar-refractivity contribution in [2.75, 3.05) is 46.6 Å². The zero-order chi connectivity index (χ0) is 17.5. The van der Waals surface area contributed by atoms with E-state index in [0.29, 0.717) is 33.0 Å². The molecule has 2 N–H and O–H groups in total. The third-order valence-electron chi connectivity index (χ3n) is 3.16. The minimum Gasteiger partial charge on any atom is -0.494 e. The van der Waals surface area contributed by atoms with E-state index in [0.717, 1.165) is 36.8 Å². The fraction of sp³-hybridized carbons (Fsp3) is 0.611. The van der Waals surface area contributed by atoms with Crippen LogP contribution in [-0.2, 0) is 16.0 Å². The molecule has 1 aromatic carbocycles. The van der Waals surface area contributed by atoms with Gasteiger partial charge < -0.3 is 24.8 Å². The van der Waals surface area contributed by atoms with Crippen molar-refractivity contribution in [1.82, 2.24) is 10.6 Å². The lowest BCUT2D eigenvalue weighted by Crippen LogP contribution is -2.38. The molecular weight excluding hydrogens is 306 g/mol. The number of nitrogens with zero attached hydrogens (tertiary/aromatic N) is 1. The van der Waals surface area contributed by atoms with Gasteiger partial charge in [0.15, 0.2) is 5.96 Å². The number of nitrogens with one attached hydrogen (secondary N) is 2. The number of rotatable bonds is 12. The second-order valence-electron chi connectivity index (χ2n) is 5.16. The molecule has 0 heterocycles. The molecule has 1 rings (SSSR count). The summed E-state index contributed by atoms with van der Waals surface area (Å²) in [6, 6.07) is 8.04. The molecule has 0 saturated carbocycles. The molecule has 6 nitrogen and oxygen atoms in total. The van der Waals surface area contributed by atoms with Crippen LogP contribution >= 0.6 is 0 Å². The standard InChI is InChI=1S/C18H31N3O3/c1-4-19-18(20-10-7-11-23-13-12-22-3)21-15-16-8-6-9-17(14-16)24-5-2/h6,8-9,14H,4-5,7,10-13,15H2,1-3H3,(H2,19,20,21). The van der Waals surface area contributed by atoms with Gasteiger partial charge in [-0.05, 0) is 38.0 Å². The highest BCUT2D eigenvalue weighted by atomic mass is 16.5. The molecule has 0 bridgehead atoms. The van der Waals surface area contributed by atoms with Gasteiger partial charge in [-0.2, -0.15) is 0 Å². The van der Waals surface area contributed by atoms with Gasteiger partial charge in [-0.3, -0.25) is 0 Å². The van der Waals surface area contributed by atoms with Crippen molar-refractivity contribution in [2.45, 2.75) is 26.8 Å². The second kappa shape index (κ2) is 13.6. The third-order valence-corrected chi connectivity index (χ3v) is 3.16. The van der Waals surface area contributed by atoms with Gasteiger partial charge in [0.25, 0.3) is 0 Å². The number of benzene rings is 1. The van der Waals surface area contributed by atoms with E-state index in [2.05, 4.69) is 28.6 Å². The Bertz CT molecular complexity index is 467. The first-order valence-electron chi connectivity index (χ1n) is 8.60. The van der Waals surface area contributed by atoms with Crippen LogP contribution < -0.4 is 15.4 Å². The van der Waals surface area contributed by atoms with Crippen molar-refractivity contribution in [3.05, 3.63) is 29.8 Å². The molecule has 0 radical (unpaired) electrons. The van der Waals surface area contributed by atoms with Crippen LogP contribution in [0.3, 0.4) is 0 Å². The molecule has 0 aliphatic carbocycles. The van der Waals surface area contributed by atoms with Crippen LogP contribution in [0.4, 0.5) is 0 Å². The fourth-order valence-electron chi connectivity index (χ4n) is 2.04. The highest BCUT2D eigenvalue weighted by Crippen LogP contribution is 2.13. The molecule has 0 spiro atoms. The predicted octanol–water partition coefficient (Wildman–Crippen LogP) is 2.19. The summed E-state index contributed by atoms with van der Waals surface area (Å²) in [6.07, 6.45) is 0.925. The van der Waals surface area contributed by atoms with Crippen LogP contribution in [0.1, 0.15) is 25.8 Å². The largest absolute Gasteiger partial charge is 0.494 e. The van der Waals surface area contributed by atoms with Crippen LogP contribution in [0.5, 0.6) is 5.75 Å². The SMILES string of the molecule is CCNC(=NCc1cccc(OCC)c1)NCCCOCCOC. The molecular formula is C18H31N3O3. The number of hydrogen-bond donors (Lipinski definition) is 2. The summed E-state index contributed by atoms with van der Waals surface area (Å²) in [5, 5.41) is 6.57. The van der Waals surface area contributed by atoms with Crippen molar-refractivity contribution in [3.8, 4) is 5.75 Å². The van der Waals surface area contributed by atoms with E-state index >= 15 is 0 Å². The minimum absolute atomic E-state index is 0.612. The van der Waals surface area contributed by atoms with Crippen molar-refractivity contribution >= 4 is 5.96 Å². The van der Waals surface area contributed by atoms with Crippen molar-refractivity contribution in [2.24, 2.45) is 4.99 Å². The summed E-state index contributed by atoms with van der Waals surface area (Å²) in [5.74, 6) is 1.70. The van der Waals surface area contributed by atoms with E-state index in [9.17, 15) is 0 Å². The smallest absolute Gasteiger partial charge is 0.191 e. The number of hydrogen-bond acceptors (Lipinski definition) is 4. The molecule has 0 unspecified atom stereocenters. The molecule has 6 heteroatoms. The Morgan fingerprint density at radius 1 is 1.12 bits per heavy atom. The van der Waals surface area contributed by atoms with E-state index in [1.807, 2.05) is 25.1 Å². The molecule has 24 heavy (non-hydrogen) atoms. The monoisotopic (exact) mass is 337 g/mol. The first-order chi connectivity index (χ1) is 11.8. The Kier molecular flexibility index (Phi) is 11.5. The average molecular weight is 337 g/mol. The van der Waals surface area contributed by atoms with E-state index in [4.69, 9.17) is 14.2 Å². The maximum Gasteiger partial charge on any atom is 0.191 e. The molecule has 136 valence electrons. The van der Waals surface area contributed by atoms with E-state index in [-0.39, 0.29) is 0 Å². The number of methoxy groups -OCH3 is 1. The first kappa shape index (κ1) is 20.3. The van der Waals surface area contributed by atoms with Gasteiger partial charge in [0.1, 0.15) is 5.75 Å². The molecule has 0 atom stereocenters. The maximum absolute atomic E-state index is 5.52. The zero-order valence-electron chi connectivity index (χ0n) is 15.1. The summed E-state index contributed by atoms with van der Waals surface area (Å²) in [5.41, 5.74) is 1.13. The van der Waals surface area contributed by atoms with E-state index < -0.39 is 0 Å². The summed E-state index contributed by atoms with van der Waals surface area (Å²) in [6.45, 7) is 8.96. The van der Waals surface area contributed by atoms with Gasteiger partial charge in [0.05, 0.1) is 26.4 Å². The average Bonchev–Trinajstić information content (AvgIpc) is 2.59. The van der Waals surface area contributed by atoms with E-state index in [1.54, 1.807) is 7.11 Å². The number of ether oxygens (including phenoxy) is 3. The predicted molar refractivity (Wildman–Crippen MR) is 97.7 cm³/mol. The zero-order valence-corrected chi connectivity index (χ0v) is 15.1. The molecule has 0 aliphatic rings. The van der Waals surface area contributed by atoms with Crippen LogP contribution in [0, 0.1) is 0 Å². The van der Waals surface area contributed by atoms with Crippen molar-refractivity contribution in [3.63, 3.8) is 0 Å². The molecule has 0 aromatic heterocycles. The van der Waals surface area contributed by atoms with Crippen molar-refractivity contribution in [1.29, 1.82) is 0 Å². The van der Waals surface area contributed by atoms with Crippen LogP contribution in [-0.4, -0.2) is 52.6 Å². The summed E-state index contributed by atoms with van der Waals surface area (Å²) in [7, 11) is 1.67. The number of aliphatic imine (C=N–C) groups is 1. The normalized spacial score (nSPS) is 11.4. The van der Waals surface area contributed by atoms with Gasteiger partial charge in [-0.25, -0.2) is 4.99 Å². The van der Waals surface area contributed by atoms with Crippen LogP contribution in [0.15, 0.2) is 29.3 Å². The fourth-order valence-corrected chi connectivity index (χ4v) is 2.04. The summed E-state index contributed by atoms with van der Waals surface area (Å²) >= 11 is 0. The Balaban J connectivity index is 2.37. The van der Waals surface area contributed by atoms with Crippen molar-refractivity contribution < 1.29 is 14.2 Å². The minimum atomic E-state index is 0.612. The quantitative estimate of drug-likeness (QED) is 0.348. The summed E-state index contributed by atoms with van der Waals surface area (Å²) in [4.78, 5) is 4.61. The topological polar surface area (TPSA) is 64.1 Å². The molecule has 0 aliphatic heterocycles. The molecule has 0 amide bonds. The highest BCUT2D eigenvalue weighted by molar-refractivity contribution is 5.79. The number of guanidine groups is 1. The lowest BCUT2D eigenvalue weighted by Gasteiger charge is -2.11. The second-order valence-corrected chi connectivity index (χ2v) is 5.16. The van der Waals surface area contributed by atoms with Gasteiger partial charge in [-0.15, -0.1) is 0 Å². The Labute approximate surface area is 145 Å². The van der Waals surface area contributed by atoms with Gasteiger partial charge >= 0.3 is 0 Å². The third kappa shape index (κ3) is 9.37. The Morgan fingerprint density at radius 2 is 2.00 bits per heavy atom. The van der Waals surface area contributed by atoms with E-state index in [1.165, 1.54) is 0 Å². The van der Waals surface area contributed by atoms with Gasteiger partial charge in [0, 0.05) is 26.8 Å². The van der Waals surface area contributed by atoms with Crippen LogP contribution in [0.2, 0.25) is 0 Å².